The SMILES string of the molecule is COc1cc(C)c(C#CCO)c(C)c1. The summed E-state index contributed by atoms with van der Waals surface area (Å²) in [5.41, 5.74) is 3.12. The van der Waals surface area contributed by atoms with Crippen LogP contribution < -0.4 is 4.74 Å². The predicted octanol–water partition coefficient (Wildman–Crippen LogP) is 1.66. The van der Waals surface area contributed by atoms with Gasteiger partial charge in [-0.25, -0.2) is 0 Å². The van der Waals surface area contributed by atoms with Crippen LogP contribution in [0.5, 0.6) is 5.75 Å². The third-order valence-corrected chi connectivity index (χ3v) is 2.03. The van der Waals surface area contributed by atoms with Crippen molar-refractivity contribution in [2.24, 2.45) is 0 Å². The first-order chi connectivity index (χ1) is 6.69. The average Bonchev–Trinajstić information content (AvgIpc) is 2.16. The fraction of sp³-hybridized carbons (Fsp3) is 0.333. The summed E-state index contributed by atoms with van der Waals surface area (Å²) in [5.74, 6) is 6.42. The fourth-order valence-corrected chi connectivity index (χ4v) is 1.37. The Labute approximate surface area is 84.5 Å². The zero-order chi connectivity index (χ0) is 10.6. The number of aliphatic hydroxyl groups is 1. The summed E-state index contributed by atoms with van der Waals surface area (Å²) in [7, 11) is 1.65. The van der Waals surface area contributed by atoms with Gasteiger partial charge in [0.1, 0.15) is 12.4 Å². The van der Waals surface area contributed by atoms with E-state index in [9.17, 15) is 0 Å². The second-order valence-electron chi connectivity index (χ2n) is 3.10. The van der Waals surface area contributed by atoms with E-state index in [2.05, 4.69) is 11.8 Å². The number of aliphatic hydroxyl groups excluding tert-OH is 1. The van der Waals surface area contributed by atoms with Crippen molar-refractivity contribution in [1.29, 1.82) is 0 Å². The number of hydrogen-bond donors (Lipinski definition) is 1. The van der Waals surface area contributed by atoms with Crippen molar-refractivity contribution in [3.8, 4) is 17.6 Å². The summed E-state index contributed by atoms with van der Waals surface area (Å²) in [6.45, 7) is 3.86. The van der Waals surface area contributed by atoms with E-state index in [1.807, 2.05) is 26.0 Å². The van der Waals surface area contributed by atoms with Gasteiger partial charge in [-0.1, -0.05) is 11.8 Å². The van der Waals surface area contributed by atoms with Gasteiger partial charge < -0.3 is 9.84 Å². The summed E-state index contributed by atoms with van der Waals surface area (Å²) >= 11 is 0. The monoisotopic (exact) mass is 190 g/mol. The Hall–Kier alpha value is -1.46. The first kappa shape index (κ1) is 10.6. The molecule has 0 radical (unpaired) electrons. The van der Waals surface area contributed by atoms with E-state index in [-0.39, 0.29) is 6.61 Å². The van der Waals surface area contributed by atoms with Gasteiger partial charge >= 0.3 is 0 Å². The van der Waals surface area contributed by atoms with Crippen LogP contribution >= 0.6 is 0 Å². The van der Waals surface area contributed by atoms with E-state index in [4.69, 9.17) is 9.84 Å². The van der Waals surface area contributed by atoms with Crippen LogP contribution in [0.25, 0.3) is 0 Å². The molecule has 0 saturated heterocycles. The highest BCUT2D eigenvalue weighted by molar-refractivity contribution is 5.50. The van der Waals surface area contributed by atoms with Crippen LogP contribution in [0.15, 0.2) is 12.1 Å². The quantitative estimate of drug-likeness (QED) is 0.682. The molecule has 2 heteroatoms. The molecule has 0 atom stereocenters. The van der Waals surface area contributed by atoms with Gasteiger partial charge in [-0.3, -0.25) is 0 Å². The predicted molar refractivity (Wildman–Crippen MR) is 56.4 cm³/mol. The van der Waals surface area contributed by atoms with Crippen molar-refractivity contribution < 1.29 is 9.84 Å². The van der Waals surface area contributed by atoms with Crippen LogP contribution in [-0.2, 0) is 0 Å². The molecule has 0 spiro atoms. The topological polar surface area (TPSA) is 29.5 Å². The van der Waals surface area contributed by atoms with Crippen molar-refractivity contribution in [2.75, 3.05) is 13.7 Å². The van der Waals surface area contributed by atoms with E-state index in [0.717, 1.165) is 22.4 Å². The van der Waals surface area contributed by atoms with Gasteiger partial charge in [0.2, 0.25) is 0 Å². The largest absolute Gasteiger partial charge is 0.497 e. The molecule has 0 saturated carbocycles. The minimum absolute atomic E-state index is 0.106. The summed E-state index contributed by atoms with van der Waals surface area (Å²) < 4.78 is 5.14. The lowest BCUT2D eigenvalue weighted by Crippen LogP contribution is -1.91. The molecule has 0 aliphatic rings. The van der Waals surface area contributed by atoms with Gasteiger partial charge in [-0.15, -0.1) is 0 Å². The highest BCUT2D eigenvalue weighted by atomic mass is 16.5. The van der Waals surface area contributed by atoms with E-state index in [1.54, 1.807) is 7.11 Å². The van der Waals surface area contributed by atoms with Gasteiger partial charge in [0.25, 0.3) is 0 Å². The Kier molecular flexibility index (Phi) is 3.55. The van der Waals surface area contributed by atoms with Crippen molar-refractivity contribution in [2.45, 2.75) is 13.8 Å². The second kappa shape index (κ2) is 4.69. The maximum Gasteiger partial charge on any atom is 0.119 e. The van der Waals surface area contributed by atoms with Gasteiger partial charge in [0.05, 0.1) is 7.11 Å². The van der Waals surface area contributed by atoms with Crippen LogP contribution in [0, 0.1) is 25.7 Å². The first-order valence-electron chi connectivity index (χ1n) is 4.44. The van der Waals surface area contributed by atoms with Gasteiger partial charge in [0, 0.05) is 5.56 Å². The molecular formula is C12H14O2. The number of hydrogen-bond acceptors (Lipinski definition) is 2. The first-order valence-corrected chi connectivity index (χ1v) is 4.44. The normalized spacial score (nSPS) is 9.14. The van der Waals surface area contributed by atoms with Gasteiger partial charge in [-0.05, 0) is 37.1 Å². The molecule has 1 aromatic carbocycles. The van der Waals surface area contributed by atoms with Crippen molar-refractivity contribution in [3.63, 3.8) is 0 Å². The summed E-state index contributed by atoms with van der Waals surface area (Å²) in [6, 6.07) is 3.88. The Morgan fingerprint density at radius 3 is 2.29 bits per heavy atom. The molecule has 0 unspecified atom stereocenters. The molecule has 14 heavy (non-hydrogen) atoms. The lowest BCUT2D eigenvalue weighted by molar-refractivity contribution is 0.350. The van der Waals surface area contributed by atoms with Crippen LogP contribution in [0.1, 0.15) is 16.7 Å². The molecule has 0 aliphatic heterocycles. The second-order valence-corrected chi connectivity index (χ2v) is 3.10. The van der Waals surface area contributed by atoms with E-state index in [1.165, 1.54) is 0 Å². The minimum atomic E-state index is -0.106. The highest BCUT2D eigenvalue weighted by Crippen LogP contribution is 2.20. The number of benzene rings is 1. The van der Waals surface area contributed by atoms with Gasteiger partial charge in [0.15, 0.2) is 0 Å². The molecule has 1 N–H and O–H groups in total. The Morgan fingerprint density at radius 2 is 1.86 bits per heavy atom. The van der Waals surface area contributed by atoms with Crippen LogP contribution in [0.3, 0.4) is 0 Å². The standard InChI is InChI=1S/C12H14O2/c1-9-7-11(14-3)8-10(2)12(9)5-4-6-13/h7-8,13H,6H2,1-3H3. The molecule has 74 valence electrons. The number of methoxy groups -OCH3 is 1. The van der Waals surface area contributed by atoms with Crippen molar-refractivity contribution in [3.05, 3.63) is 28.8 Å². The van der Waals surface area contributed by atoms with Crippen LogP contribution in [0.4, 0.5) is 0 Å². The smallest absolute Gasteiger partial charge is 0.119 e. The number of rotatable bonds is 1. The minimum Gasteiger partial charge on any atom is -0.497 e. The van der Waals surface area contributed by atoms with E-state index in [0.29, 0.717) is 0 Å². The van der Waals surface area contributed by atoms with E-state index < -0.39 is 0 Å². The third kappa shape index (κ3) is 2.27. The molecule has 0 aromatic heterocycles. The molecule has 0 heterocycles. The molecule has 0 bridgehead atoms. The Morgan fingerprint density at radius 1 is 1.29 bits per heavy atom. The Bertz CT molecular complexity index is 360. The molecular weight excluding hydrogens is 176 g/mol. The summed E-state index contributed by atoms with van der Waals surface area (Å²) in [4.78, 5) is 0. The molecule has 2 nitrogen and oxygen atoms in total. The zero-order valence-electron chi connectivity index (χ0n) is 8.72. The molecule has 0 fully saturated rings. The van der Waals surface area contributed by atoms with Crippen LogP contribution in [-0.4, -0.2) is 18.8 Å². The van der Waals surface area contributed by atoms with Crippen LogP contribution in [0.2, 0.25) is 0 Å². The van der Waals surface area contributed by atoms with Crippen molar-refractivity contribution in [1.82, 2.24) is 0 Å². The lowest BCUT2D eigenvalue weighted by Gasteiger charge is -2.06. The zero-order valence-corrected chi connectivity index (χ0v) is 8.72. The average molecular weight is 190 g/mol. The molecule has 1 aromatic rings. The van der Waals surface area contributed by atoms with Gasteiger partial charge in [-0.2, -0.15) is 0 Å². The Balaban J connectivity index is 3.18. The molecule has 0 aliphatic carbocycles. The maximum absolute atomic E-state index is 8.61. The van der Waals surface area contributed by atoms with Crippen molar-refractivity contribution >= 4 is 0 Å². The highest BCUT2D eigenvalue weighted by Gasteiger charge is 2.02. The maximum atomic E-state index is 8.61. The summed E-state index contributed by atoms with van der Waals surface area (Å²) in [6.07, 6.45) is 0. The molecule has 0 amide bonds. The summed E-state index contributed by atoms with van der Waals surface area (Å²) in [5, 5.41) is 8.61. The lowest BCUT2D eigenvalue weighted by atomic mass is 10.0. The third-order valence-electron chi connectivity index (χ3n) is 2.03. The number of ether oxygens (including phenoxy) is 1. The fourth-order valence-electron chi connectivity index (χ4n) is 1.37. The van der Waals surface area contributed by atoms with E-state index >= 15 is 0 Å². The number of aryl methyl sites for hydroxylation is 2. The molecule has 1 rings (SSSR count).